The molecule has 61 valence electrons. The Balaban J connectivity index is 3.69. The van der Waals surface area contributed by atoms with Crippen LogP contribution in [0.3, 0.4) is 0 Å². The number of ether oxygens (including phenoxy) is 2. The van der Waals surface area contributed by atoms with Crippen molar-refractivity contribution in [3.63, 3.8) is 0 Å². The molecule has 0 aliphatic rings. The van der Waals surface area contributed by atoms with Gasteiger partial charge in [-0.05, 0) is 13.8 Å². The van der Waals surface area contributed by atoms with Crippen LogP contribution in [0.1, 0.15) is 13.8 Å². The topological polar surface area (TPSA) is 21.7 Å². The van der Waals surface area contributed by atoms with Crippen LogP contribution in [0.15, 0.2) is 0 Å². The Morgan fingerprint density at radius 3 is 1.60 bits per heavy atom. The fourth-order valence-corrected chi connectivity index (χ4v) is 0.566. The first-order chi connectivity index (χ1) is 4.63. The van der Waals surface area contributed by atoms with E-state index >= 15 is 0 Å². The Morgan fingerprint density at radius 1 is 1.10 bits per heavy atom. The SMILES string of the molecule is [CH2]N(C(C)OC)C(C)OC. The molecule has 0 spiro atoms. The molecule has 0 saturated carbocycles. The van der Waals surface area contributed by atoms with Crippen molar-refractivity contribution in [1.82, 2.24) is 4.90 Å². The second-order valence-corrected chi connectivity index (χ2v) is 2.18. The molecular formula is C7H16NO2. The van der Waals surface area contributed by atoms with Crippen molar-refractivity contribution in [3.05, 3.63) is 7.05 Å². The van der Waals surface area contributed by atoms with Crippen molar-refractivity contribution in [1.29, 1.82) is 0 Å². The van der Waals surface area contributed by atoms with Crippen LogP contribution in [0.2, 0.25) is 0 Å². The molecule has 0 rings (SSSR count). The van der Waals surface area contributed by atoms with Crippen LogP contribution in [0.4, 0.5) is 0 Å². The fraction of sp³-hybridized carbons (Fsp3) is 0.857. The first-order valence-electron chi connectivity index (χ1n) is 3.28. The van der Waals surface area contributed by atoms with Crippen LogP contribution in [-0.2, 0) is 9.47 Å². The molecule has 0 aromatic rings. The highest BCUT2D eigenvalue weighted by atomic mass is 16.5. The smallest absolute Gasteiger partial charge is 0.109 e. The number of hydrogen-bond donors (Lipinski definition) is 0. The van der Waals surface area contributed by atoms with E-state index in [1.165, 1.54) is 0 Å². The molecular weight excluding hydrogens is 130 g/mol. The van der Waals surface area contributed by atoms with Gasteiger partial charge in [-0.15, -0.1) is 0 Å². The molecule has 0 N–H and O–H groups in total. The number of nitrogens with zero attached hydrogens (tertiary/aromatic N) is 1. The van der Waals surface area contributed by atoms with Crippen LogP contribution in [0, 0.1) is 7.05 Å². The molecule has 0 aromatic carbocycles. The lowest BCUT2D eigenvalue weighted by Crippen LogP contribution is -2.37. The van der Waals surface area contributed by atoms with E-state index in [1.807, 2.05) is 13.8 Å². The Labute approximate surface area is 62.9 Å². The fourth-order valence-electron chi connectivity index (χ4n) is 0.566. The molecule has 0 aliphatic heterocycles. The monoisotopic (exact) mass is 146 g/mol. The molecule has 0 fully saturated rings. The summed E-state index contributed by atoms with van der Waals surface area (Å²) in [5.41, 5.74) is 0. The average molecular weight is 146 g/mol. The van der Waals surface area contributed by atoms with Crippen molar-refractivity contribution in [2.45, 2.75) is 26.3 Å². The maximum absolute atomic E-state index is 5.02. The van der Waals surface area contributed by atoms with E-state index in [0.717, 1.165) is 0 Å². The van der Waals surface area contributed by atoms with E-state index in [0.29, 0.717) is 0 Å². The zero-order valence-electron chi connectivity index (χ0n) is 7.13. The first-order valence-corrected chi connectivity index (χ1v) is 3.28. The van der Waals surface area contributed by atoms with Gasteiger partial charge in [-0.1, -0.05) is 0 Å². The number of hydrogen-bond acceptors (Lipinski definition) is 3. The van der Waals surface area contributed by atoms with Gasteiger partial charge in [0.05, 0.1) is 0 Å². The standard InChI is InChI=1S/C7H16NO2/c1-6(9-4)8(3)7(2)10-5/h6-7H,3H2,1-2,4-5H3. The largest absolute Gasteiger partial charge is 0.367 e. The highest BCUT2D eigenvalue weighted by molar-refractivity contribution is 4.57. The molecule has 10 heavy (non-hydrogen) atoms. The van der Waals surface area contributed by atoms with Crippen LogP contribution >= 0.6 is 0 Å². The van der Waals surface area contributed by atoms with Gasteiger partial charge in [-0.2, -0.15) is 0 Å². The number of methoxy groups -OCH3 is 2. The van der Waals surface area contributed by atoms with E-state index in [2.05, 4.69) is 7.05 Å². The highest BCUT2D eigenvalue weighted by Gasteiger charge is 2.13. The molecule has 0 amide bonds. The molecule has 1 radical (unpaired) electrons. The summed E-state index contributed by atoms with van der Waals surface area (Å²) in [6, 6.07) is 0. The van der Waals surface area contributed by atoms with Crippen molar-refractivity contribution < 1.29 is 9.47 Å². The van der Waals surface area contributed by atoms with Crippen molar-refractivity contribution in [2.75, 3.05) is 14.2 Å². The third-order valence-electron chi connectivity index (χ3n) is 1.62. The van der Waals surface area contributed by atoms with Gasteiger partial charge in [0.1, 0.15) is 12.5 Å². The van der Waals surface area contributed by atoms with Gasteiger partial charge in [0.2, 0.25) is 0 Å². The Bertz CT molecular complexity index is 77.7. The molecule has 0 saturated heterocycles. The predicted octanol–water partition coefficient (Wildman–Crippen LogP) is 1.06. The van der Waals surface area contributed by atoms with E-state index < -0.39 is 0 Å². The van der Waals surface area contributed by atoms with E-state index in [9.17, 15) is 0 Å². The summed E-state index contributed by atoms with van der Waals surface area (Å²) in [5.74, 6) is 0. The maximum Gasteiger partial charge on any atom is 0.109 e. The zero-order chi connectivity index (χ0) is 8.15. The quantitative estimate of drug-likeness (QED) is 0.554. The Hall–Kier alpha value is -0.120. The van der Waals surface area contributed by atoms with Gasteiger partial charge in [-0.25, -0.2) is 0 Å². The molecule has 0 bridgehead atoms. The Kier molecular flexibility index (Phi) is 4.60. The minimum atomic E-state index is -0.00468. The van der Waals surface area contributed by atoms with Gasteiger partial charge >= 0.3 is 0 Å². The van der Waals surface area contributed by atoms with Crippen LogP contribution in [0.25, 0.3) is 0 Å². The zero-order valence-corrected chi connectivity index (χ0v) is 7.13. The van der Waals surface area contributed by atoms with Gasteiger partial charge < -0.3 is 9.47 Å². The van der Waals surface area contributed by atoms with Crippen molar-refractivity contribution in [2.24, 2.45) is 0 Å². The summed E-state index contributed by atoms with van der Waals surface area (Å²) < 4.78 is 10.0. The summed E-state index contributed by atoms with van der Waals surface area (Å²) in [4.78, 5) is 1.75. The summed E-state index contributed by atoms with van der Waals surface area (Å²) >= 11 is 0. The van der Waals surface area contributed by atoms with Crippen LogP contribution in [0.5, 0.6) is 0 Å². The van der Waals surface area contributed by atoms with Gasteiger partial charge in [0.25, 0.3) is 0 Å². The third kappa shape index (κ3) is 2.64. The lowest BCUT2D eigenvalue weighted by molar-refractivity contribution is -0.0908. The van der Waals surface area contributed by atoms with E-state index in [4.69, 9.17) is 9.47 Å². The number of rotatable bonds is 4. The minimum absolute atomic E-state index is 0.00468. The lowest BCUT2D eigenvalue weighted by Gasteiger charge is -2.27. The highest BCUT2D eigenvalue weighted by Crippen LogP contribution is 2.03. The van der Waals surface area contributed by atoms with E-state index in [1.54, 1.807) is 19.1 Å². The van der Waals surface area contributed by atoms with Crippen molar-refractivity contribution >= 4 is 0 Å². The van der Waals surface area contributed by atoms with Gasteiger partial charge in [0.15, 0.2) is 0 Å². The van der Waals surface area contributed by atoms with Gasteiger partial charge in [0, 0.05) is 21.3 Å². The summed E-state index contributed by atoms with van der Waals surface area (Å²) in [6.45, 7) is 3.84. The average Bonchev–Trinajstić information content (AvgIpc) is 2.00. The first kappa shape index (κ1) is 9.88. The van der Waals surface area contributed by atoms with Crippen LogP contribution in [-0.4, -0.2) is 31.6 Å². The summed E-state index contributed by atoms with van der Waals surface area (Å²) in [7, 11) is 7.05. The van der Waals surface area contributed by atoms with Crippen molar-refractivity contribution in [3.8, 4) is 0 Å². The van der Waals surface area contributed by atoms with Crippen LogP contribution < -0.4 is 0 Å². The second-order valence-electron chi connectivity index (χ2n) is 2.18. The molecule has 2 atom stereocenters. The molecule has 0 heterocycles. The van der Waals surface area contributed by atoms with E-state index in [-0.39, 0.29) is 12.5 Å². The second kappa shape index (κ2) is 4.66. The molecule has 3 nitrogen and oxygen atoms in total. The minimum Gasteiger partial charge on any atom is -0.367 e. The molecule has 0 aromatic heterocycles. The van der Waals surface area contributed by atoms with Gasteiger partial charge in [-0.3, -0.25) is 4.90 Å². The maximum atomic E-state index is 5.02. The predicted molar refractivity (Wildman–Crippen MR) is 40.1 cm³/mol. The summed E-state index contributed by atoms with van der Waals surface area (Å²) in [6.07, 6.45) is -0.00935. The molecule has 0 aliphatic carbocycles. The Morgan fingerprint density at radius 2 is 1.40 bits per heavy atom. The molecule has 2 unspecified atom stereocenters. The normalized spacial score (nSPS) is 17.4. The lowest BCUT2D eigenvalue weighted by atomic mass is 10.5. The molecule has 3 heteroatoms. The third-order valence-corrected chi connectivity index (χ3v) is 1.62. The summed E-state index contributed by atoms with van der Waals surface area (Å²) in [5, 5.41) is 0.